The van der Waals surface area contributed by atoms with Crippen LogP contribution in [-0.2, 0) is 6.18 Å². The van der Waals surface area contributed by atoms with Gasteiger partial charge in [-0.15, -0.1) is 22.7 Å². The molecule has 1 aromatic carbocycles. The lowest BCUT2D eigenvalue weighted by Gasteiger charge is -2.36. The molecule has 0 atom stereocenters. The molecule has 0 unspecified atom stereocenters. The highest BCUT2D eigenvalue weighted by Gasteiger charge is 2.37. The number of rotatable bonds is 4. The van der Waals surface area contributed by atoms with Gasteiger partial charge < -0.3 is 15.5 Å². The van der Waals surface area contributed by atoms with E-state index in [0.717, 1.165) is 23.1 Å². The van der Waals surface area contributed by atoms with Crippen LogP contribution >= 0.6 is 22.7 Å². The normalized spacial score (nSPS) is 14.4. The van der Waals surface area contributed by atoms with Crippen LogP contribution in [0.3, 0.4) is 0 Å². The Morgan fingerprint density at radius 2 is 1.75 bits per heavy atom. The van der Waals surface area contributed by atoms with Crippen molar-refractivity contribution in [3.05, 3.63) is 63.8 Å². The second-order valence-corrected chi connectivity index (χ2v) is 10.4. The molecular weight excluding hydrogens is 509 g/mol. The van der Waals surface area contributed by atoms with Crippen molar-refractivity contribution in [3.8, 4) is 10.6 Å². The number of piperazine rings is 1. The van der Waals surface area contributed by atoms with Crippen LogP contribution in [0.25, 0.3) is 20.8 Å². The van der Waals surface area contributed by atoms with Crippen LogP contribution in [0.15, 0.2) is 47.8 Å². The Kier molecular flexibility index (Phi) is 6.21. The molecule has 0 bridgehead atoms. The fraction of sp³-hybridized carbons (Fsp3) is 0.240. The van der Waals surface area contributed by atoms with Crippen molar-refractivity contribution < 1.29 is 22.8 Å². The van der Waals surface area contributed by atoms with Gasteiger partial charge in [0.05, 0.1) is 21.8 Å². The number of Topliss-reactive ketones (excluding diaryl/α,β-unsaturated/α-hetero) is 1. The molecule has 1 aliphatic heterocycles. The summed E-state index contributed by atoms with van der Waals surface area (Å²) in [6, 6.07) is 11.7. The summed E-state index contributed by atoms with van der Waals surface area (Å²) < 4.78 is 41.9. The van der Waals surface area contributed by atoms with Gasteiger partial charge in [-0.25, -0.2) is 4.98 Å². The monoisotopic (exact) mass is 530 g/mol. The minimum Gasteiger partial charge on any atom is -0.397 e. The van der Waals surface area contributed by atoms with Crippen molar-refractivity contribution in [2.24, 2.45) is 0 Å². The lowest BCUT2D eigenvalue weighted by Crippen LogP contribution is -2.48. The highest BCUT2D eigenvalue weighted by Crippen LogP contribution is 2.44. The van der Waals surface area contributed by atoms with E-state index in [1.807, 2.05) is 12.1 Å². The fourth-order valence-electron chi connectivity index (χ4n) is 4.27. The van der Waals surface area contributed by atoms with Crippen molar-refractivity contribution in [1.82, 2.24) is 9.88 Å². The third-order valence-corrected chi connectivity index (χ3v) is 8.16. The highest BCUT2D eigenvalue weighted by molar-refractivity contribution is 7.21. The Labute approximate surface area is 212 Å². The van der Waals surface area contributed by atoms with Gasteiger partial charge >= 0.3 is 6.18 Å². The number of halogens is 3. The van der Waals surface area contributed by atoms with Crippen molar-refractivity contribution in [2.45, 2.75) is 13.1 Å². The molecule has 0 spiro atoms. The first-order valence-corrected chi connectivity index (χ1v) is 12.8. The third kappa shape index (κ3) is 4.44. The van der Waals surface area contributed by atoms with Gasteiger partial charge in [-0.05, 0) is 48.7 Å². The van der Waals surface area contributed by atoms with E-state index in [4.69, 9.17) is 5.73 Å². The smallest absolute Gasteiger partial charge is 0.397 e. The summed E-state index contributed by atoms with van der Waals surface area (Å²) in [4.78, 5) is 33.7. The number of pyridine rings is 1. The van der Waals surface area contributed by atoms with Crippen LogP contribution in [-0.4, -0.2) is 47.8 Å². The molecule has 11 heteroatoms. The first kappa shape index (κ1) is 24.3. The van der Waals surface area contributed by atoms with E-state index < -0.39 is 17.6 Å². The Balaban J connectivity index is 1.41. The molecule has 1 aliphatic rings. The van der Waals surface area contributed by atoms with Crippen molar-refractivity contribution in [2.75, 3.05) is 36.8 Å². The molecule has 0 saturated carbocycles. The number of nitrogen functional groups attached to an aromatic ring is 1. The largest absolute Gasteiger partial charge is 0.417 e. The van der Waals surface area contributed by atoms with Crippen LogP contribution in [0.4, 0.5) is 24.5 Å². The van der Waals surface area contributed by atoms with Crippen LogP contribution < -0.4 is 10.6 Å². The van der Waals surface area contributed by atoms with Crippen LogP contribution in [0.5, 0.6) is 0 Å². The highest BCUT2D eigenvalue weighted by atomic mass is 32.1. The number of nitrogens with two attached hydrogens (primary N) is 1. The zero-order valence-corrected chi connectivity index (χ0v) is 20.8. The maximum absolute atomic E-state index is 14.0. The molecule has 186 valence electrons. The van der Waals surface area contributed by atoms with Gasteiger partial charge in [0.1, 0.15) is 9.71 Å². The fourth-order valence-corrected chi connectivity index (χ4v) is 6.05. The van der Waals surface area contributed by atoms with Gasteiger partial charge in [0, 0.05) is 42.8 Å². The third-order valence-electron chi connectivity index (χ3n) is 6.18. The van der Waals surface area contributed by atoms with E-state index in [1.165, 1.54) is 18.3 Å². The summed E-state index contributed by atoms with van der Waals surface area (Å²) in [5.74, 6) is -0.406. The minimum atomic E-state index is -4.65. The topological polar surface area (TPSA) is 79.5 Å². The molecule has 1 fully saturated rings. The Morgan fingerprint density at radius 1 is 1.06 bits per heavy atom. The number of amides is 1. The standard InChI is InChI=1S/C25H21F3N4O2S2/c1-14(33)15-4-6-16(7-5-15)31-8-10-32(11-9-31)24(34)22-21(29)20-17(25(26,27)28)13-18(30-23(20)36-22)19-3-2-12-35-19/h2-7,12-13H,8-11,29H2,1H3. The number of hydrogen-bond donors (Lipinski definition) is 1. The summed E-state index contributed by atoms with van der Waals surface area (Å²) in [7, 11) is 0. The molecule has 2 N–H and O–H groups in total. The lowest BCUT2D eigenvalue weighted by molar-refractivity contribution is -0.136. The number of anilines is 2. The van der Waals surface area contributed by atoms with E-state index in [-0.39, 0.29) is 32.3 Å². The van der Waals surface area contributed by atoms with Crippen LogP contribution in [0, 0.1) is 0 Å². The number of nitrogens with zero attached hydrogens (tertiary/aromatic N) is 3. The first-order chi connectivity index (χ1) is 17.1. The maximum atomic E-state index is 14.0. The number of thiophene rings is 2. The number of carbonyl (C=O) groups excluding carboxylic acids is 2. The van der Waals surface area contributed by atoms with E-state index in [9.17, 15) is 22.8 Å². The zero-order valence-electron chi connectivity index (χ0n) is 19.1. The van der Waals surface area contributed by atoms with Crippen LogP contribution in [0.2, 0.25) is 0 Å². The first-order valence-electron chi connectivity index (χ1n) is 11.1. The zero-order chi connectivity index (χ0) is 25.6. The molecule has 1 amide bonds. The van der Waals surface area contributed by atoms with E-state index in [0.29, 0.717) is 36.6 Å². The second kappa shape index (κ2) is 9.21. The van der Waals surface area contributed by atoms with E-state index >= 15 is 0 Å². The van der Waals surface area contributed by atoms with E-state index in [2.05, 4.69) is 9.88 Å². The predicted molar refractivity (Wildman–Crippen MR) is 137 cm³/mol. The maximum Gasteiger partial charge on any atom is 0.417 e. The van der Waals surface area contributed by atoms with Gasteiger partial charge in [-0.3, -0.25) is 9.59 Å². The van der Waals surface area contributed by atoms with Gasteiger partial charge in [0.15, 0.2) is 5.78 Å². The molecule has 5 rings (SSSR count). The number of alkyl halides is 3. The van der Waals surface area contributed by atoms with Gasteiger partial charge in [0.25, 0.3) is 5.91 Å². The lowest BCUT2D eigenvalue weighted by atomic mass is 10.1. The minimum absolute atomic E-state index is 0.0106. The SMILES string of the molecule is CC(=O)c1ccc(N2CCN(C(=O)c3sc4nc(-c5cccs5)cc(C(F)(F)F)c4c3N)CC2)cc1. The molecule has 4 aromatic rings. The average Bonchev–Trinajstić information content (AvgIpc) is 3.51. The molecule has 1 saturated heterocycles. The van der Waals surface area contributed by atoms with Gasteiger partial charge in [0.2, 0.25) is 0 Å². The predicted octanol–water partition coefficient (Wildman–Crippen LogP) is 5.79. The second-order valence-electron chi connectivity index (χ2n) is 8.44. The summed E-state index contributed by atoms with van der Waals surface area (Å²) in [5.41, 5.74) is 6.86. The van der Waals surface area contributed by atoms with Gasteiger partial charge in [-0.1, -0.05) is 6.07 Å². The number of hydrogen-bond acceptors (Lipinski definition) is 7. The summed E-state index contributed by atoms with van der Waals surface area (Å²) in [5, 5.41) is 1.55. The number of carbonyl (C=O) groups is 2. The summed E-state index contributed by atoms with van der Waals surface area (Å²) in [6.07, 6.45) is -4.65. The molecule has 36 heavy (non-hydrogen) atoms. The van der Waals surface area contributed by atoms with Gasteiger partial charge in [-0.2, -0.15) is 13.2 Å². The van der Waals surface area contributed by atoms with Crippen LogP contribution in [0.1, 0.15) is 32.5 Å². The Bertz CT molecular complexity index is 1440. The van der Waals surface area contributed by atoms with Crippen molar-refractivity contribution in [3.63, 3.8) is 0 Å². The average molecular weight is 531 g/mol. The molecular formula is C25H21F3N4O2S2. The molecule has 0 radical (unpaired) electrons. The number of ketones is 1. The molecule has 4 heterocycles. The number of fused-ring (bicyclic) bond motifs is 1. The molecule has 0 aliphatic carbocycles. The number of aromatic nitrogens is 1. The molecule has 3 aromatic heterocycles. The van der Waals surface area contributed by atoms with Crippen molar-refractivity contribution >= 4 is 56.0 Å². The summed E-state index contributed by atoms with van der Waals surface area (Å²) in [6.45, 7) is 3.38. The summed E-state index contributed by atoms with van der Waals surface area (Å²) >= 11 is 2.19. The van der Waals surface area contributed by atoms with E-state index in [1.54, 1.807) is 34.5 Å². The van der Waals surface area contributed by atoms with Crippen molar-refractivity contribution in [1.29, 1.82) is 0 Å². The quantitative estimate of drug-likeness (QED) is 0.338. The Hall–Kier alpha value is -3.44. The molecule has 6 nitrogen and oxygen atoms in total. The number of benzene rings is 1. The Morgan fingerprint density at radius 3 is 2.33 bits per heavy atom.